The lowest BCUT2D eigenvalue weighted by Crippen LogP contribution is -2.49. The molecule has 3 aromatic rings. The Labute approximate surface area is 206 Å². The zero-order valence-electron chi connectivity index (χ0n) is 20.7. The van der Waals surface area contributed by atoms with E-state index in [4.69, 9.17) is 0 Å². The molecule has 0 saturated heterocycles. The van der Waals surface area contributed by atoms with Gasteiger partial charge in [0.2, 0.25) is 11.8 Å². The molecule has 35 heavy (non-hydrogen) atoms. The van der Waals surface area contributed by atoms with Crippen LogP contribution < -0.4 is 10.2 Å². The number of hydrogen-bond acceptors (Lipinski definition) is 3. The molecule has 6 nitrogen and oxygen atoms in total. The number of likely N-dealkylation sites (N-methyl/N-ethyl adjacent to an activating group) is 1. The van der Waals surface area contributed by atoms with Gasteiger partial charge in [0.1, 0.15) is 6.04 Å². The second kappa shape index (κ2) is 10.7. The number of carbonyl (C=O) groups excluding carboxylic acids is 3. The summed E-state index contributed by atoms with van der Waals surface area (Å²) in [6, 6.07) is 19.2. The van der Waals surface area contributed by atoms with Crippen molar-refractivity contribution in [3.05, 3.63) is 77.4 Å². The van der Waals surface area contributed by atoms with Crippen LogP contribution >= 0.6 is 0 Å². The number of anilines is 1. The molecule has 4 rings (SSSR count). The Morgan fingerprint density at radius 3 is 2.40 bits per heavy atom. The Hall–Kier alpha value is -3.67. The van der Waals surface area contributed by atoms with Gasteiger partial charge in [0.05, 0.1) is 5.69 Å². The molecule has 182 valence electrons. The minimum absolute atomic E-state index is 0.0190. The van der Waals surface area contributed by atoms with Crippen molar-refractivity contribution in [3.8, 4) is 0 Å². The summed E-state index contributed by atoms with van der Waals surface area (Å²) in [6.45, 7) is 7.18. The number of rotatable bonds is 10. The van der Waals surface area contributed by atoms with Crippen molar-refractivity contribution in [1.82, 2.24) is 10.2 Å². The van der Waals surface area contributed by atoms with Gasteiger partial charge in [-0.15, -0.1) is 0 Å². The highest BCUT2D eigenvalue weighted by Gasteiger charge is 2.31. The summed E-state index contributed by atoms with van der Waals surface area (Å²) in [4.78, 5) is 42.7. The zero-order valence-corrected chi connectivity index (χ0v) is 20.7. The molecular weight excluding hydrogens is 438 g/mol. The Balaban J connectivity index is 1.48. The van der Waals surface area contributed by atoms with E-state index in [1.165, 1.54) is 0 Å². The van der Waals surface area contributed by atoms with E-state index < -0.39 is 6.04 Å². The highest BCUT2D eigenvalue weighted by molar-refractivity contribution is 6.25. The van der Waals surface area contributed by atoms with Crippen LogP contribution in [0.1, 0.15) is 54.6 Å². The van der Waals surface area contributed by atoms with Gasteiger partial charge in [0, 0.05) is 37.0 Å². The first-order valence-corrected chi connectivity index (χ1v) is 12.4. The van der Waals surface area contributed by atoms with Crippen molar-refractivity contribution in [2.24, 2.45) is 0 Å². The average Bonchev–Trinajstić information content (AvgIpc) is 3.13. The van der Waals surface area contributed by atoms with E-state index in [9.17, 15) is 14.4 Å². The summed E-state index contributed by atoms with van der Waals surface area (Å²) in [7, 11) is 0. The van der Waals surface area contributed by atoms with Crippen LogP contribution in [0.15, 0.2) is 60.7 Å². The maximum atomic E-state index is 13.4. The van der Waals surface area contributed by atoms with E-state index in [2.05, 4.69) is 5.32 Å². The van der Waals surface area contributed by atoms with E-state index in [0.717, 1.165) is 27.6 Å². The number of aryl methyl sites for hydroxylation is 1. The monoisotopic (exact) mass is 471 g/mol. The number of benzene rings is 3. The van der Waals surface area contributed by atoms with Gasteiger partial charge in [-0.05, 0) is 49.8 Å². The summed E-state index contributed by atoms with van der Waals surface area (Å²) in [5.41, 5.74) is 3.76. The number of hydrogen-bond donors (Lipinski definition) is 1. The number of nitrogens with one attached hydrogen (secondary N) is 1. The molecule has 3 amide bonds. The van der Waals surface area contributed by atoms with Gasteiger partial charge in [-0.2, -0.15) is 0 Å². The number of nitrogens with zero attached hydrogens (tertiary/aromatic N) is 2. The summed E-state index contributed by atoms with van der Waals surface area (Å²) in [5.74, 6) is -0.229. The molecule has 1 atom stereocenters. The van der Waals surface area contributed by atoms with Crippen LogP contribution in [-0.4, -0.2) is 41.8 Å². The molecule has 0 unspecified atom stereocenters. The fourth-order valence-corrected chi connectivity index (χ4v) is 4.83. The maximum absolute atomic E-state index is 13.4. The number of carbonyl (C=O) groups is 3. The van der Waals surface area contributed by atoms with Gasteiger partial charge in [0.15, 0.2) is 0 Å². The van der Waals surface area contributed by atoms with Crippen molar-refractivity contribution in [3.63, 3.8) is 0 Å². The van der Waals surface area contributed by atoms with Crippen LogP contribution in [0.25, 0.3) is 10.8 Å². The van der Waals surface area contributed by atoms with E-state index >= 15 is 0 Å². The molecule has 1 aliphatic rings. The third kappa shape index (κ3) is 5.06. The standard InChI is InChI=1S/C29H33N3O3/c1-4-24(28(34)30-5-2)32(19-21-16-14-20(3)15-17-21)26(33)13-8-18-31-25-12-7-10-22-9-6-11-23(27(22)25)29(31)35/h6-7,9-12,14-17,24H,4-5,8,13,18-19H2,1-3H3,(H,30,34)/t24-/m0/s1. The highest BCUT2D eigenvalue weighted by Crippen LogP contribution is 2.37. The van der Waals surface area contributed by atoms with Crippen molar-refractivity contribution in [2.75, 3.05) is 18.0 Å². The quantitative estimate of drug-likeness (QED) is 0.460. The summed E-state index contributed by atoms with van der Waals surface area (Å²) < 4.78 is 0. The van der Waals surface area contributed by atoms with Gasteiger partial charge in [-0.3, -0.25) is 14.4 Å². The lowest BCUT2D eigenvalue weighted by Gasteiger charge is -2.31. The predicted molar refractivity (Wildman–Crippen MR) is 139 cm³/mol. The summed E-state index contributed by atoms with van der Waals surface area (Å²) >= 11 is 0. The topological polar surface area (TPSA) is 69.7 Å². The van der Waals surface area contributed by atoms with Crippen LogP contribution in [-0.2, 0) is 16.1 Å². The molecule has 0 aliphatic carbocycles. The summed E-state index contributed by atoms with van der Waals surface area (Å²) in [6.07, 6.45) is 1.31. The minimum Gasteiger partial charge on any atom is -0.355 e. The van der Waals surface area contributed by atoms with Crippen molar-refractivity contribution in [1.29, 1.82) is 0 Å². The van der Waals surface area contributed by atoms with Gasteiger partial charge in [-0.25, -0.2) is 0 Å². The molecule has 0 radical (unpaired) electrons. The Morgan fingerprint density at radius 1 is 1.00 bits per heavy atom. The lowest BCUT2D eigenvalue weighted by atomic mass is 10.1. The Morgan fingerprint density at radius 2 is 1.71 bits per heavy atom. The normalized spacial score (nSPS) is 13.2. The van der Waals surface area contributed by atoms with Crippen LogP contribution in [0.5, 0.6) is 0 Å². The first kappa shape index (κ1) is 24.5. The van der Waals surface area contributed by atoms with Crippen molar-refractivity contribution in [2.45, 2.75) is 52.6 Å². The molecule has 0 saturated carbocycles. The van der Waals surface area contributed by atoms with Gasteiger partial charge >= 0.3 is 0 Å². The maximum Gasteiger partial charge on any atom is 0.258 e. The lowest BCUT2D eigenvalue weighted by molar-refractivity contribution is -0.141. The average molecular weight is 472 g/mol. The smallest absolute Gasteiger partial charge is 0.258 e. The second-order valence-electron chi connectivity index (χ2n) is 9.07. The van der Waals surface area contributed by atoms with Crippen LogP contribution in [0.3, 0.4) is 0 Å². The van der Waals surface area contributed by atoms with E-state index in [0.29, 0.717) is 38.0 Å². The molecule has 6 heteroatoms. The summed E-state index contributed by atoms with van der Waals surface area (Å²) in [5, 5.41) is 4.90. The first-order chi connectivity index (χ1) is 16.9. The van der Waals surface area contributed by atoms with Gasteiger partial charge in [0.25, 0.3) is 5.91 Å². The van der Waals surface area contributed by atoms with Gasteiger partial charge < -0.3 is 15.1 Å². The van der Waals surface area contributed by atoms with E-state index in [1.807, 2.05) is 81.4 Å². The minimum atomic E-state index is -0.532. The molecule has 3 aromatic carbocycles. The second-order valence-corrected chi connectivity index (χ2v) is 9.07. The van der Waals surface area contributed by atoms with Crippen molar-refractivity contribution < 1.29 is 14.4 Å². The fraction of sp³-hybridized carbons (Fsp3) is 0.345. The highest BCUT2D eigenvalue weighted by atomic mass is 16.2. The van der Waals surface area contributed by atoms with Crippen LogP contribution in [0.4, 0.5) is 5.69 Å². The third-order valence-corrected chi connectivity index (χ3v) is 6.63. The first-order valence-electron chi connectivity index (χ1n) is 12.4. The predicted octanol–water partition coefficient (Wildman–Crippen LogP) is 4.83. The molecule has 0 spiro atoms. The van der Waals surface area contributed by atoms with Crippen molar-refractivity contribution >= 4 is 34.2 Å². The molecule has 0 bridgehead atoms. The van der Waals surface area contributed by atoms with E-state index in [-0.39, 0.29) is 24.1 Å². The SMILES string of the molecule is CCNC(=O)[C@H](CC)N(Cc1ccc(C)cc1)C(=O)CCCN1C(=O)c2cccc3cccc1c23. The molecular formula is C29H33N3O3. The van der Waals surface area contributed by atoms with Crippen LogP contribution in [0, 0.1) is 6.92 Å². The molecule has 0 fully saturated rings. The van der Waals surface area contributed by atoms with E-state index in [1.54, 1.807) is 9.80 Å². The largest absolute Gasteiger partial charge is 0.355 e. The molecule has 1 aliphatic heterocycles. The molecule has 1 heterocycles. The van der Waals surface area contributed by atoms with Crippen LogP contribution in [0.2, 0.25) is 0 Å². The Kier molecular flexibility index (Phi) is 7.49. The fourth-order valence-electron chi connectivity index (χ4n) is 4.83. The number of amides is 3. The zero-order chi connectivity index (χ0) is 24.9. The van der Waals surface area contributed by atoms with Gasteiger partial charge in [-0.1, -0.05) is 61.0 Å². The third-order valence-electron chi connectivity index (χ3n) is 6.63. The molecule has 1 N–H and O–H groups in total. The molecule has 0 aromatic heterocycles. The Bertz CT molecular complexity index is 1230.